The van der Waals surface area contributed by atoms with Crippen LogP contribution in [0.4, 0.5) is 0 Å². The molecular formula is C27H28O7. The molecule has 3 aromatic rings. The Morgan fingerprint density at radius 2 is 1.65 bits per heavy atom. The highest BCUT2D eigenvalue weighted by atomic mass is 16.5. The van der Waals surface area contributed by atoms with Crippen molar-refractivity contribution in [3.05, 3.63) is 75.2 Å². The molecule has 1 aromatic heterocycles. The van der Waals surface area contributed by atoms with Gasteiger partial charge < -0.3 is 23.4 Å². The van der Waals surface area contributed by atoms with Crippen LogP contribution in [0.25, 0.3) is 17.0 Å². The van der Waals surface area contributed by atoms with E-state index in [1.807, 2.05) is 19.9 Å². The number of carbonyl (C=O) groups is 1. The number of carbonyl (C=O) groups excluding carboxylic acids is 1. The highest BCUT2D eigenvalue weighted by molar-refractivity contribution is 6.15. The van der Waals surface area contributed by atoms with E-state index in [0.717, 1.165) is 5.57 Å². The van der Waals surface area contributed by atoms with Gasteiger partial charge in [0.05, 0.1) is 21.3 Å². The fourth-order valence-electron chi connectivity index (χ4n) is 3.47. The van der Waals surface area contributed by atoms with Gasteiger partial charge >= 0.3 is 5.63 Å². The van der Waals surface area contributed by atoms with Gasteiger partial charge in [0.25, 0.3) is 0 Å². The number of rotatable bonds is 9. The molecule has 0 N–H and O–H groups in total. The predicted molar refractivity (Wildman–Crippen MR) is 132 cm³/mol. The van der Waals surface area contributed by atoms with Crippen molar-refractivity contribution in [3.8, 4) is 23.0 Å². The van der Waals surface area contributed by atoms with E-state index >= 15 is 0 Å². The maximum Gasteiger partial charge on any atom is 0.336 e. The van der Waals surface area contributed by atoms with E-state index in [1.54, 1.807) is 37.3 Å². The molecule has 0 amide bonds. The minimum atomic E-state index is -0.533. The molecule has 3 rings (SSSR count). The summed E-state index contributed by atoms with van der Waals surface area (Å²) < 4.78 is 27.4. The monoisotopic (exact) mass is 464 g/mol. The first-order valence-corrected chi connectivity index (χ1v) is 10.6. The van der Waals surface area contributed by atoms with Gasteiger partial charge in [-0.1, -0.05) is 11.6 Å². The van der Waals surface area contributed by atoms with Gasteiger partial charge in [0.1, 0.15) is 17.9 Å². The van der Waals surface area contributed by atoms with Gasteiger partial charge in [-0.25, -0.2) is 4.79 Å². The third-order valence-corrected chi connectivity index (χ3v) is 5.17. The Morgan fingerprint density at radius 1 is 0.971 bits per heavy atom. The number of aryl methyl sites for hydroxylation is 1. The lowest BCUT2D eigenvalue weighted by atomic mass is 10.0. The summed E-state index contributed by atoms with van der Waals surface area (Å²) in [4.78, 5) is 25.5. The Kier molecular flexibility index (Phi) is 7.79. The van der Waals surface area contributed by atoms with Crippen molar-refractivity contribution < 1.29 is 28.2 Å². The van der Waals surface area contributed by atoms with E-state index in [0.29, 0.717) is 39.5 Å². The van der Waals surface area contributed by atoms with Crippen LogP contribution in [-0.2, 0) is 0 Å². The van der Waals surface area contributed by atoms with Crippen molar-refractivity contribution in [1.82, 2.24) is 0 Å². The lowest BCUT2D eigenvalue weighted by molar-refractivity contribution is 0.104. The molecule has 0 aliphatic heterocycles. The number of ketones is 1. The summed E-state index contributed by atoms with van der Waals surface area (Å²) in [5.41, 5.74) is 2.30. The second-order valence-corrected chi connectivity index (χ2v) is 7.81. The molecule has 0 saturated heterocycles. The Balaban J connectivity index is 2.09. The summed E-state index contributed by atoms with van der Waals surface area (Å²) in [7, 11) is 4.56. The number of hydrogen-bond donors (Lipinski definition) is 0. The molecule has 0 spiro atoms. The SMILES string of the molecule is COc1cc(/C=C/C(=O)c2c(OCC=C(C)C)ccc3c(C)cc(=O)oc23)cc(OC)c1OC. The van der Waals surface area contributed by atoms with Crippen LogP contribution in [-0.4, -0.2) is 33.7 Å². The number of fused-ring (bicyclic) bond motifs is 1. The van der Waals surface area contributed by atoms with Gasteiger partial charge in [0.2, 0.25) is 5.75 Å². The predicted octanol–water partition coefficient (Wildman–Crippen LogP) is 5.37. The van der Waals surface area contributed by atoms with E-state index < -0.39 is 5.63 Å². The van der Waals surface area contributed by atoms with Crippen LogP contribution in [0.5, 0.6) is 23.0 Å². The maximum atomic E-state index is 13.4. The first kappa shape index (κ1) is 24.6. The molecule has 7 heteroatoms. The normalized spacial score (nSPS) is 10.9. The summed E-state index contributed by atoms with van der Waals surface area (Å²) in [5.74, 6) is 1.34. The topological polar surface area (TPSA) is 84.2 Å². The lowest BCUT2D eigenvalue weighted by Crippen LogP contribution is -2.07. The highest BCUT2D eigenvalue weighted by Gasteiger charge is 2.19. The van der Waals surface area contributed by atoms with Crippen molar-refractivity contribution >= 4 is 22.8 Å². The number of allylic oxidation sites excluding steroid dienone is 2. The van der Waals surface area contributed by atoms with Crippen molar-refractivity contribution in [2.45, 2.75) is 20.8 Å². The second-order valence-electron chi connectivity index (χ2n) is 7.81. The van der Waals surface area contributed by atoms with Gasteiger partial charge in [-0.05, 0) is 68.3 Å². The van der Waals surface area contributed by atoms with Crippen LogP contribution >= 0.6 is 0 Å². The molecule has 7 nitrogen and oxygen atoms in total. The average Bonchev–Trinajstić information content (AvgIpc) is 2.81. The zero-order chi connectivity index (χ0) is 24.8. The van der Waals surface area contributed by atoms with Crippen LogP contribution in [0.15, 0.2) is 57.3 Å². The van der Waals surface area contributed by atoms with E-state index in [-0.39, 0.29) is 23.5 Å². The van der Waals surface area contributed by atoms with E-state index in [9.17, 15) is 9.59 Å². The molecule has 0 bridgehead atoms. The van der Waals surface area contributed by atoms with Crippen molar-refractivity contribution in [3.63, 3.8) is 0 Å². The third-order valence-electron chi connectivity index (χ3n) is 5.17. The number of ether oxygens (including phenoxy) is 4. The van der Waals surface area contributed by atoms with Crippen molar-refractivity contribution in [2.75, 3.05) is 27.9 Å². The number of benzene rings is 2. The Morgan fingerprint density at radius 3 is 2.24 bits per heavy atom. The van der Waals surface area contributed by atoms with Crippen LogP contribution in [0.3, 0.4) is 0 Å². The van der Waals surface area contributed by atoms with E-state index in [2.05, 4.69) is 0 Å². The van der Waals surface area contributed by atoms with Gasteiger partial charge in [-0.3, -0.25) is 4.79 Å². The lowest BCUT2D eigenvalue weighted by Gasteiger charge is -2.13. The minimum Gasteiger partial charge on any atom is -0.493 e. The summed E-state index contributed by atoms with van der Waals surface area (Å²) in [6.07, 6.45) is 4.92. The average molecular weight is 465 g/mol. The van der Waals surface area contributed by atoms with Crippen LogP contribution in [0.1, 0.15) is 35.3 Å². The first-order valence-electron chi connectivity index (χ1n) is 10.6. The fourth-order valence-corrected chi connectivity index (χ4v) is 3.47. The largest absolute Gasteiger partial charge is 0.493 e. The minimum absolute atomic E-state index is 0.184. The van der Waals surface area contributed by atoms with Gasteiger partial charge in [-0.2, -0.15) is 0 Å². The van der Waals surface area contributed by atoms with Crippen molar-refractivity contribution in [2.24, 2.45) is 0 Å². The smallest absolute Gasteiger partial charge is 0.336 e. The number of hydrogen-bond acceptors (Lipinski definition) is 7. The zero-order valence-electron chi connectivity index (χ0n) is 20.2. The molecular weight excluding hydrogens is 436 g/mol. The standard InChI is InChI=1S/C27H28O7/c1-16(2)11-12-33-21-10-8-19-17(3)13-24(29)34-26(19)25(21)20(28)9-7-18-14-22(30-4)27(32-6)23(15-18)31-5/h7-11,13-15H,12H2,1-6H3/b9-7+. The molecule has 0 fully saturated rings. The Hall–Kier alpha value is -4.00. The first-order chi connectivity index (χ1) is 16.3. The second kappa shape index (κ2) is 10.7. The van der Waals surface area contributed by atoms with Crippen LogP contribution in [0.2, 0.25) is 0 Å². The molecule has 1 heterocycles. The molecule has 2 aromatic carbocycles. The Labute approximate surface area is 198 Å². The fraction of sp³-hybridized carbons (Fsp3) is 0.259. The molecule has 178 valence electrons. The Bertz CT molecular complexity index is 1300. The van der Waals surface area contributed by atoms with E-state index in [1.165, 1.54) is 33.5 Å². The summed E-state index contributed by atoms with van der Waals surface area (Å²) in [5, 5.41) is 0.665. The van der Waals surface area contributed by atoms with Crippen LogP contribution in [0, 0.1) is 6.92 Å². The van der Waals surface area contributed by atoms with Gasteiger partial charge in [-0.15, -0.1) is 0 Å². The van der Waals surface area contributed by atoms with E-state index in [4.69, 9.17) is 23.4 Å². The molecule has 0 unspecified atom stereocenters. The molecule has 0 aliphatic carbocycles. The van der Waals surface area contributed by atoms with Crippen LogP contribution < -0.4 is 24.6 Å². The molecule has 0 atom stereocenters. The molecule has 0 aliphatic rings. The number of methoxy groups -OCH3 is 3. The molecule has 0 radical (unpaired) electrons. The van der Waals surface area contributed by atoms with Gasteiger partial charge in [0, 0.05) is 11.5 Å². The van der Waals surface area contributed by atoms with Gasteiger partial charge in [0.15, 0.2) is 22.9 Å². The molecule has 0 saturated carbocycles. The molecule has 34 heavy (non-hydrogen) atoms. The maximum absolute atomic E-state index is 13.4. The summed E-state index contributed by atoms with van der Waals surface area (Å²) in [6.45, 7) is 5.99. The quantitative estimate of drug-likeness (QED) is 0.182. The highest BCUT2D eigenvalue weighted by Crippen LogP contribution is 2.38. The summed E-state index contributed by atoms with van der Waals surface area (Å²) >= 11 is 0. The zero-order valence-corrected chi connectivity index (χ0v) is 20.2. The third kappa shape index (κ3) is 5.31. The van der Waals surface area contributed by atoms with Crippen molar-refractivity contribution in [1.29, 1.82) is 0 Å². The summed E-state index contributed by atoms with van der Waals surface area (Å²) in [6, 6.07) is 8.35.